The van der Waals surface area contributed by atoms with E-state index in [1.165, 1.54) is 47.2 Å². The number of fused-ring (bicyclic) bond motifs is 1. The number of aromatic nitrogens is 3. The Morgan fingerprint density at radius 3 is 2.61 bits per heavy atom. The first-order valence-corrected chi connectivity index (χ1v) is 8.81. The molecule has 0 aliphatic rings. The minimum absolute atomic E-state index is 0.0516. The predicted octanol–water partition coefficient (Wildman–Crippen LogP) is 4.58. The number of nitro groups is 1. The van der Waals surface area contributed by atoms with Crippen molar-refractivity contribution < 1.29 is 22.9 Å². The molecule has 8 nitrogen and oxygen atoms in total. The minimum Gasteiger partial charge on any atom is -0.321 e. The number of nitrogens with zero attached hydrogens (tertiary/aromatic N) is 4. The molecule has 0 unspecified atom stereocenters. The highest BCUT2D eigenvalue weighted by atomic mass is 19.4. The number of carbonyl (C=O) groups is 1. The Morgan fingerprint density at radius 1 is 1.10 bits per heavy atom. The first-order valence-electron chi connectivity index (χ1n) is 8.81. The maximum absolute atomic E-state index is 13.2. The van der Waals surface area contributed by atoms with Crippen LogP contribution in [0.15, 0.2) is 67.0 Å². The number of anilines is 1. The fraction of sp³-hybridized carbons (Fsp3) is 0.0500. The molecule has 0 bridgehead atoms. The number of carbonyl (C=O) groups excluding carboxylic acids is 1. The average molecular weight is 427 g/mol. The molecule has 1 amide bonds. The molecule has 0 atom stereocenters. The van der Waals surface area contributed by atoms with Gasteiger partial charge in [0, 0.05) is 23.9 Å². The van der Waals surface area contributed by atoms with Crippen LogP contribution < -0.4 is 5.32 Å². The highest BCUT2D eigenvalue weighted by Crippen LogP contribution is 2.35. The Bertz CT molecular complexity index is 1320. The second-order valence-electron chi connectivity index (χ2n) is 6.43. The second kappa shape index (κ2) is 7.52. The van der Waals surface area contributed by atoms with Gasteiger partial charge in [-0.25, -0.2) is 9.50 Å². The Balaban J connectivity index is 1.73. The van der Waals surface area contributed by atoms with Crippen LogP contribution in [0, 0.1) is 10.1 Å². The molecule has 1 N–H and O–H groups in total. The van der Waals surface area contributed by atoms with E-state index in [4.69, 9.17) is 0 Å². The molecule has 2 aromatic heterocycles. The van der Waals surface area contributed by atoms with Crippen LogP contribution in [-0.4, -0.2) is 25.4 Å². The van der Waals surface area contributed by atoms with Gasteiger partial charge >= 0.3 is 6.18 Å². The zero-order valence-electron chi connectivity index (χ0n) is 15.5. The van der Waals surface area contributed by atoms with E-state index in [-0.39, 0.29) is 16.9 Å². The molecular weight excluding hydrogens is 415 g/mol. The number of para-hydroxylation sites is 1. The minimum atomic E-state index is -4.64. The van der Waals surface area contributed by atoms with E-state index in [0.717, 1.165) is 12.1 Å². The van der Waals surface area contributed by atoms with Gasteiger partial charge in [-0.1, -0.05) is 24.3 Å². The Labute approximate surface area is 172 Å². The van der Waals surface area contributed by atoms with Crippen molar-refractivity contribution in [3.8, 4) is 11.3 Å². The molecule has 0 saturated carbocycles. The smallest absolute Gasteiger partial charge is 0.321 e. The summed E-state index contributed by atoms with van der Waals surface area (Å²) < 4.78 is 40.9. The molecule has 11 heteroatoms. The fourth-order valence-corrected chi connectivity index (χ4v) is 3.08. The van der Waals surface area contributed by atoms with Crippen LogP contribution in [-0.2, 0) is 6.18 Å². The summed E-state index contributed by atoms with van der Waals surface area (Å²) in [5.41, 5.74) is -0.589. The number of hydrogen-bond acceptors (Lipinski definition) is 5. The lowest BCUT2D eigenvalue weighted by Crippen LogP contribution is -2.16. The van der Waals surface area contributed by atoms with E-state index in [2.05, 4.69) is 15.4 Å². The summed E-state index contributed by atoms with van der Waals surface area (Å²) in [6.45, 7) is 0. The van der Waals surface area contributed by atoms with Crippen LogP contribution >= 0.6 is 0 Å². The molecule has 2 heterocycles. The van der Waals surface area contributed by atoms with Gasteiger partial charge in [0.25, 0.3) is 11.6 Å². The van der Waals surface area contributed by atoms with Gasteiger partial charge in [-0.15, -0.1) is 0 Å². The van der Waals surface area contributed by atoms with Crippen LogP contribution in [0.25, 0.3) is 16.9 Å². The maximum atomic E-state index is 13.2. The fourth-order valence-electron chi connectivity index (χ4n) is 3.08. The molecule has 0 fully saturated rings. The summed E-state index contributed by atoms with van der Waals surface area (Å²) in [5.74, 6) is -0.824. The van der Waals surface area contributed by atoms with E-state index in [1.807, 2.05) is 0 Å². The van der Waals surface area contributed by atoms with E-state index in [9.17, 15) is 28.1 Å². The van der Waals surface area contributed by atoms with Gasteiger partial charge in [-0.2, -0.15) is 18.3 Å². The van der Waals surface area contributed by atoms with Crippen molar-refractivity contribution in [3.63, 3.8) is 0 Å². The molecule has 156 valence electrons. The van der Waals surface area contributed by atoms with Crippen LogP contribution in [0.1, 0.15) is 15.9 Å². The molecule has 4 rings (SSSR count). The molecule has 31 heavy (non-hydrogen) atoms. The number of rotatable bonds is 4. The van der Waals surface area contributed by atoms with Gasteiger partial charge in [0.05, 0.1) is 28.1 Å². The Morgan fingerprint density at radius 2 is 1.87 bits per heavy atom. The van der Waals surface area contributed by atoms with Crippen molar-refractivity contribution >= 4 is 22.9 Å². The Hall–Kier alpha value is -4.28. The van der Waals surface area contributed by atoms with Crippen LogP contribution in [0.3, 0.4) is 0 Å². The van der Waals surface area contributed by atoms with Crippen molar-refractivity contribution in [1.82, 2.24) is 14.6 Å². The first kappa shape index (κ1) is 20.0. The van der Waals surface area contributed by atoms with Crippen molar-refractivity contribution in [1.29, 1.82) is 0 Å². The number of benzene rings is 2. The van der Waals surface area contributed by atoms with Crippen molar-refractivity contribution in [3.05, 3.63) is 88.2 Å². The number of non-ortho nitro benzene ring substituents is 1. The van der Waals surface area contributed by atoms with Gasteiger partial charge < -0.3 is 5.32 Å². The summed E-state index contributed by atoms with van der Waals surface area (Å²) in [4.78, 5) is 27.3. The van der Waals surface area contributed by atoms with E-state index < -0.39 is 28.3 Å². The second-order valence-corrected chi connectivity index (χ2v) is 6.43. The summed E-state index contributed by atoms with van der Waals surface area (Å²) >= 11 is 0. The Kier molecular flexibility index (Phi) is 4.85. The first-order chi connectivity index (χ1) is 14.8. The van der Waals surface area contributed by atoms with Gasteiger partial charge in [0.15, 0.2) is 5.65 Å². The van der Waals surface area contributed by atoms with Crippen molar-refractivity contribution in [2.24, 2.45) is 0 Å². The number of hydrogen-bond donors (Lipinski definition) is 1. The maximum Gasteiger partial charge on any atom is 0.418 e. The van der Waals surface area contributed by atoms with Gasteiger partial charge in [-0.3, -0.25) is 14.9 Å². The number of halogens is 3. The number of nitro benzene ring substituents is 1. The summed E-state index contributed by atoms with van der Waals surface area (Å²) in [5, 5.41) is 17.4. The topological polar surface area (TPSA) is 102 Å². The summed E-state index contributed by atoms with van der Waals surface area (Å²) in [6, 6.07) is 12.0. The third-order valence-corrected chi connectivity index (χ3v) is 4.48. The van der Waals surface area contributed by atoms with Gasteiger partial charge in [-0.05, 0) is 18.2 Å². The monoisotopic (exact) mass is 427 g/mol. The standard InChI is InChI=1S/C20H12F3N5O3/c21-20(22,23)15-6-1-2-7-16(15)26-19(29)14-11-25-27-17(8-9-24-18(14)27)12-4-3-5-13(10-12)28(30)31/h1-11H,(H,26,29). The summed E-state index contributed by atoms with van der Waals surface area (Å²) in [7, 11) is 0. The van der Waals surface area contributed by atoms with E-state index in [0.29, 0.717) is 11.3 Å². The highest BCUT2D eigenvalue weighted by Gasteiger charge is 2.33. The molecule has 0 aliphatic heterocycles. The lowest BCUT2D eigenvalue weighted by Gasteiger charge is -2.13. The average Bonchev–Trinajstić information content (AvgIpc) is 3.18. The molecule has 0 aliphatic carbocycles. The lowest BCUT2D eigenvalue weighted by molar-refractivity contribution is -0.384. The van der Waals surface area contributed by atoms with Gasteiger partial charge in [0.2, 0.25) is 0 Å². The third-order valence-electron chi connectivity index (χ3n) is 4.48. The van der Waals surface area contributed by atoms with Crippen LogP contribution in [0.4, 0.5) is 24.5 Å². The summed E-state index contributed by atoms with van der Waals surface area (Å²) in [6.07, 6.45) is -2.08. The van der Waals surface area contributed by atoms with Crippen molar-refractivity contribution in [2.75, 3.05) is 5.32 Å². The normalized spacial score (nSPS) is 11.5. The zero-order valence-corrected chi connectivity index (χ0v) is 15.5. The number of nitrogens with one attached hydrogen (secondary N) is 1. The van der Waals surface area contributed by atoms with E-state index >= 15 is 0 Å². The molecule has 2 aromatic carbocycles. The van der Waals surface area contributed by atoms with E-state index in [1.54, 1.807) is 12.1 Å². The molecule has 0 saturated heterocycles. The van der Waals surface area contributed by atoms with Gasteiger partial charge in [0.1, 0.15) is 5.56 Å². The quantitative estimate of drug-likeness (QED) is 0.380. The lowest BCUT2D eigenvalue weighted by atomic mass is 10.1. The molecular formula is C20H12F3N5O3. The highest BCUT2D eigenvalue weighted by molar-refractivity contribution is 6.08. The third kappa shape index (κ3) is 3.80. The van der Waals surface area contributed by atoms with Crippen LogP contribution in [0.2, 0.25) is 0 Å². The van der Waals surface area contributed by atoms with Crippen molar-refractivity contribution in [2.45, 2.75) is 6.18 Å². The SMILES string of the molecule is O=C(Nc1ccccc1C(F)(F)F)c1cnn2c(-c3cccc([N+](=O)[O-])c3)ccnc12. The number of amides is 1. The zero-order chi connectivity index (χ0) is 22.2. The molecule has 4 aromatic rings. The predicted molar refractivity (Wildman–Crippen MR) is 104 cm³/mol. The molecule has 0 radical (unpaired) electrons. The van der Waals surface area contributed by atoms with Crippen LogP contribution in [0.5, 0.6) is 0 Å². The number of alkyl halides is 3. The molecule has 0 spiro atoms. The largest absolute Gasteiger partial charge is 0.418 e.